The van der Waals surface area contributed by atoms with E-state index >= 15 is 0 Å². The molecule has 2 aromatic carbocycles. The third-order valence-corrected chi connectivity index (χ3v) is 3.95. The maximum Gasteiger partial charge on any atom is 0.306 e. The second-order valence-corrected chi connectivity index (χ2v) is 5.90. The molecule has 150 valence electrons. The standard InChI is InChI=1S/C20H21F2NO5/c1-12(20(25)23-16-11-14(21)8-9-15(16)22)28-18(24)10-7-13-5-4-6-17(26-2)19(13)27-3/h4-6,8-9,11-12H,7,10H2,1-3H3,(H,23,25)/t12-/m0/s1. The van der Waals surface area contributed by atoms with E-state index in [-0.39, 0.29) is 12.1 Å². The van der Waals surface area contributed by atoms with Gasteiger partial charge in [0.1, 0.15) is 11.6 Å². The second kappa shape index (κ2) is 9.68. The van der Waals surface area contributed by atoms with Crippen LogP contribution in [0.1, 0.15) is 18.9 Å². The molecule has 0 saturated heterocycles. The Morgan fingerprint density at radius 2 is 1.86 bits per heavy atom. The summed E-state index contributed by atoms with van der Waals surface area (Å²) in [6.45, 7) is 1.34. The van der Waals surface area contributed by atoms with E-state index in [4.69, 9.17) is 14.2 Å². The molecule has 2 aromatic rings. The van der Waals surface area contributed by atoms with Gasteiger partial charge in [0.15, 0.2) is 17.6 Å². The first-order chi connectivity index (χ1) is 13.3. The normalized spacial score (nSPS) is 11.5. The quantitative estimate of drug-likeness (QED) is 0.695. The first-order valence-corrected chi connectivity index (χ1v) is 8.51. The van der Waals surface area contributed by atoms with Gasteiger partial charge in [-0.3, -0.25) is 9.59 Å². The van der Waals surface area contributed by atoms with Crippen LogP contribution in [0, 0.1) is 11.6 Å². The SMILES string of the molecule is COc1cccc(CCC(=O)O[C@@H](C)C(=O)Nc2cc(F)ccc2F)c1OC. The Morgan fingerprint density at radius 3 is 2.54 bits per heavy atom. The van der Waals surface area contributed by atoms with Gasteiger partial charge in [-0.2, -0.15) is 0 Å². The molecule has 0 bridgehead atoms. The van der Waals surface area contributed by atoms with Crippen LogP contribution in [0.3, 0.4) is 0 Å². The molecule has 1 N–H and O–H groups in total. The van der Waals surface area contributed by atoms with E-state index in [1.54, 1.807) is 18.2 Å². The number of esters is 1. The van der Waals surface area contributed by atoms with Crippen LogP contribution in [0.15, 0.2) is 36.4 Å². The summed E-state index contributed by atoms with van der Waals surface area (Å²) in [5.74, 6) is -1.82. The number of nitrogens with one attached hydrogen (secondary N) is 1. The number of aryl methyl sites for hydroxylation is 1. The van der Waals surface area contributed by atoms with Gasteiger partial charge in [-0.15, -0.1) is 0 Å². The molecule has 28 heavy (non-hydrogen) atoms. The van der Waals surface area contributed by atoms with Gasteiger partial charge < -0.3 is 19.5 Å². The fraction of sp³-hybridized carbons (Fsp3) is 0.300. The van der Waals surface area contributed by atoms with E-state index in [2.05, 4.69) is 5.32 Å². The first kappa shape index (κ1) is 21.1. The zero-order valence-corrected chi connectivity index (χ0v) is 15.8. The van der Waals surface area contributed by atoms with Crippen molar-refractivity contribution in [2.45, 2.75) is 25.9 Å². The van der Waals surface area contributed by atoms with Crippen molar-refractivity contribution in [2.24, 2.45) is 0 Å². The molecule has 6 nitrogen and oxygen atoms in total. The average Bonchev–Trinajstić information content (AvgIpc) is 2.68. The summed E-state index contributed by atoms with van der Waals surface area (Å²) in [7, 11) is 3.01. The van der Waals surface area contributed by atoms with E-state index in [9.17, 15) is 18.4 Å². The Bertz CT molecular complexity index is 856. The molecule has 1 atom stereocenters. The average molecular weight is 393 g/mol. The van der Waals surface area contributed by atoms with Gasteiger partial charge in [0.25, 0.3) is 5.91 Å². The highest BCUT2D eigenvalue weighted by atomic mass is 19.1. The summed E-state index contributed by atoms with van der Waals surface area (Å²) in [6.07, 6.45) is -0.871. The lowest BCUT2D eigenvalue weighted by atomic mass is 10.1. The van der Waals surface area contributed by atoms with Gasteiger partial charge in [0.2, 0.25) is 0 Å². The number of ether oxygens (including phenoxy) is 3. The maximum absolute atomic E-state index is 13.6. The van der Waals surface area contributed by atoms with Crippen molar-refractivity contribution < 1.29 is 32.6 Å². The Labute approximate surface area is 161 Å². The summed E-state index contributed by atoms with van der Waals surface area (Å²) < 4.78 is 42.3. The lowest BCUT2D eigenvalue weighted by Crippen LogP contribution is -2.30. The molecule has 0 aliphatic carbocycles. The fourth-order valence-corrected chi connectivity index (χ4v) is 2.52. The van der Waals surface area contributed by atoms with Crippen molar-refractivity contribution in [3.8, 4) is 11.5 Å². The van der Waals surface area contributed by atoms with E-state index in [1.807, 2.05) is 0 Å². The number of hydrogen-bond donors (Lipinski definition) is 1. The Morgan fingerprint density at radius 1 is 1.11 bits per heavy atom. The predicted octanol–water partition coefficient (Wildman–Crippen LogP) is 3.49. The van der Waals surface area contributed by atoms with Gasteiger partial charge in [-0.25, -0.2) is 8.78 Å². The zero-order chi connectivity index (χ0) is 20.7. The molecule has 0 aliphatic heterocycles. The molecule has 0 fully saturated rings. The largest absolute Gasteiger partial charge is 0.493 e. The van der Waals surface area contributed by atoms with Crippen LogP contribution in [-0.2, 0) is 20.7 Å². The predicted molar refractivity (Wildman–Crippen MR) is 98.4 cm³/mol. The number of halogens is 2. The van der Waals surface area contributed by atoms with E-state index in [0.717, 1.165) is 23.8 Å². The summed E-state index contributed by atoms with van der Waals surface area (Å²) in [5.41, 5.74) is 0.423. The van der Waals surface area contributed by atoms with Gasteiger partial charge in [0, 0.05) is 12.5 Å². The minimum absolute atomic E-state index is 0.00449. The third-order valence-electron chi connectivity index (χ3n) is 3.95. The monoisotopic (exact) mass is 393 g/mol. The van der Waals surface area contributed by atoms with Crippen LogP contribution in [0.4, 0.5) is 14.5 Å². The summed E-state index contributed by atoms with van der Waals surface area (Å²) >= 11 is 0. The Hall–Kier alpha value is -3.16. The van der Waals surface area contributed by atoms with Crippen LogP contribution in [-0.4, -0.2) is 32.2 Å². The number of benzene rings is 2. The third kappa shape index (κ3) is 5.42. The number of anilines is 1. The highest BCUT2D eigenvalue weighted by Gasteiger charge is 2.20. The summed E-state index contributed by atoms with van der Waals surface area (Å²) in [6, 6.07) is 7.96. The lowest BCUT2D eigenvalue weighted by Gasteiger charge is -2.15. The number of amides is 1. The molecule has 0 spiro atoms. The fourth-order valence-electron chi connectivity index (χ4n) is 2.52. The minimum Gasteiger partial charge on any atom is -0.493 e. The molecule has 0 heterocycles. The highest BCUT2D eigenvalue weighted by molar-refractivity contribution is 5.95. The van der Waals surface area contributed by atoms with E-state index in [0.29, 0.717) is 17.9 Å². The van der Waals surface area contributed by atoms with Gasteiger partial charge in [-0.05, 0) is 37.1 Å². The number of rotatable bonds is 8. The molecule has 0 aromatic heterocycles. The van der Waals surface area contributed by atoms with Gasteiger partial charge >= 0.3 is 5.97 Å². The number of para-hydroxylation sites is 1. The molecule has 0 saturated carbocycles. The topological polar surface area (TPSA) is 73.9 Å². The molecule has 8 heteroatoms. The van der Waals surface area contributed by atoms with Crippen molar-refractivity contribution in [3.05, 3.63) is 53.6 Å². The van der Waals surface area contributed by atoms with Gasteiger partial charge in [-0.1, -0.05) is 12.1 Å². The van der Waals surface area contributed by atoms with Crippen LogP contribution in [0.5, 0.6) is 11.5 Å². The van der Waals surface area contributed by atoms with Crippen molar-refractivity contribution in [1.29, 1.82) is 0 Å². The number of carbonyl (C=O) groups is 2. The van der Waals surface area contributed by atoms with Crippen molar-refractivity contribution in [3.63, 3.8) is 0 Å². The maximum atomic E-state index is 13.6. The van der Waals surface area contributed by atoms with E-state index in [1.165, 1.54) is 21.1 Å². The molecule has 0 aliphatic rings. The molecular weight excluding hydrogens is 372 g/mol. The van der Waals surface area contributed by atoms with Crippen molar-refractivity contribution >= 4 is 17.6 Å². The Kier molecular flexibility index (Phi) is 7.31. The smallest absolute Gasteiger partial charge is 0.306 e. The van der Waals surface area contributed by atoms with Gasteiger partial charge in [0.05, 0.1) is 19.9 Å². The Balaban J connectivity index is 1.92. The number of carbonyl (C=O) groups excluding carboxylic acids is 2. The number of hydrogen-bond acceptors (Lipinski definition) is 5. The molecule has 0 unspecified atom stereocenters. The molecule has 2 rings (SSSR count). The van der Waals surface area contributed by atoms with Crippen molar-refractivity contribution in [1.82, 2.24) is 0 Å². The van der Waals surface area contributed by atoms with E-state index < -0.39 is 29.6 Å². The number of methoxy groups -OCH3 is 2. The minimum atomic E-state index is -1.18. The molecule has 0 radical (unpaired) electrons. The van der Waals surface area contributed by atoms with Crippen molar-refractivity contribution in [2.75, 3.05) is 19.5 Å². The van der Waals surface area contributed by atoms with Crippen LogP contribution in [0.25, 0.3) is 0 Å². The summed E-state index contributed by atoms with van der Waals surface area (Å²) in [4.78, 5) is 24.1. The zero-order valence-electron chi connectivity index (χ0n) is 15.8. The van der Waals surface area contributed by atoms with Crippen LogP contribution < -0.4 is 14.8 Å². The highest BCUT2D eigenvalue weighted by Crippen LogP contribution is 2.31. The lowest BCUT2D eigenvalue weighted by molar-refractivity contribution is -0.153. The molecule has 1 amide bonds. The van der Waals surface area contributed by atoms with Crippen LogP contribution in [0.2, 0.25) is 0 Å². The second-order valence-electron chi connectivity index (χ2n) is 5.90. The first-order valence-electron chi connectivity index (χ1n) is 8.51. The summed E-state index contributed by atoms with van der Waals surface area (Å²) in [5, 5.41) is 2.20. The molecular formula is C20H21F2NO5. The van der Waals surface area contributed by atoms with Crippen LogP contribution >= 0.6 is 0 Å².